The topological polar surface area (TPSA) is 35.5 Å². The van der Waals surface area contributed by atoms with Crippen LogP contribution in [-0.2, 0) is 22.1 Å². The highest BCUT2D eigenvalue weighted by molar-refractivity contribution is 5.72. The molecule has 0 spiro atoms. The van der Waals surface area contributed by atoms with E-state index in [-0.39, 0.29) is 5.56 Å². The molecule has 0 saturated carbocycles. The number of ether oxygens (including phenoxy) is 2. The van der Waals surface area contributed by atoms with Crippen LogP contribution in [0.5, 0.6) is 5.75 Å². The lowest BCUT2D eigenvalue weighted by molar-refractivity contribution is -0.276. The molecule has 112 valence electrons. The second kappa shape index (κ2) is 5.59. The Labute approximate surface area is 109 Å². The lowest BCUT2D eigenvalue weighted by atomic mass is 10.1. The van der Waals surface area contributed by atoms with E-state index >= 15 is 0 Å². The number of alkyl halides is 6. The number of benzene rings is 1. The van der Waals surface area contributed by atoms with E-state index in [0.717, 1.165) is 13.2 Å². The maximum absolute atomic E-state index is 12.5. The number of hydrogen-bond acceptors (Lipinski definition) is 3. The highest BCUT2D eigenvalue weighted by atomic mass is 19.4. The maximum Gasteiger partial charge on any atom is 0.573 e. The summed E-state index contributed by atoms with van der Waals surface area (Å²) in [5.41, 5.74) is -1.67. The third-order valence-corrected chi connectivity index (χ3v) is 2.15. The fourth-order valence-electron chi connectivity index (χ4n) is 1.36. The molecular formula is C11H8F6O3. The Kier molecular flexibility index (Phi) is 4.51. The van der Waals surface area contributed by atoms with Crippen LogP contribution in [0.1, 0.15) is 11.1 Å². The molecule has 0 N–H and O–H groups in total. The first-order valence-electron chi connectivity index (χ1n) is 5.05. The summed E-state index contributed by atoms with van der Waals surface area (Å²) >= 11 is 0. The van der Waals surface area contributed by atoms with Gasteiger partial charge in [0.15, 0.2) is 0 Å². The van der Waals surface area contributed by atoms with E-state index in [1.54, 1.807) is 0 Å². The summed E-state index contributed by atoms with van der Waals surface area (Å²) < 4.78 is 81.5. The first kappa shape index (κ1) is 16.1. The molecule has 20 heavy (non-hydrogen) atoms. The molecule has 3 nitrogen and oxygen atoms in total. The Morgan fingerprint density at radius 1 is 1.15 bits per heavy atom. The Balaban J connectivity index is 3.18. The molecule has 0 heterocycles. The van der Waals surface area contributed by atoms with Gasteiger partial charge in [-0.3, -0.25) is 4.79 Å². The molecule has 0 radical (unpaired) electrons. The fraction of sp³-hybridized carbons (Fsp3) is 0.364. The number of carbonyl (C=O) groups is 1. The zero-order valence-electron chi connectivity index (χ0n) is 9.93. The summed E-state index contributed by atoms with van der Waals surface area (Å²) in [5.74, 6) is -2.21. The zero-order valence-corrected chi connectivity index (χ0v) is 9.93. The summed E-state index contributed by atoms with van der Waals surface area (Å²) in [6.45, 7) is 0. The predicted molar refractivity (Wildman–Crippen MR) is 53.8 cm³/mol. The van der Waals surface area contributed by atoms with Gasteiger partial charge in [0.25, 0.3) is 0 Å². The number of esters is 1. The molecule has 0 bridgehead atoms. The monoisotopic (exact) mass is 302 g/mol. The van der Waals surface area contributed by atoms with Crippen LogP contribution in [0.4, 0.5) is 26.3 Å². The molecule has 9 heteroatoms. The van der Waals surface area contributed by atoms with Crippen molar-refractivity contribution in [3.05, 3.63) is 29.3 Å². The molecule has 0 unspecified atom stereocenters. The summed E-state index contributed by atoms with van der Waals surface area (Å²) in [4.78, 5) is 11.0. The van der Waals surface area contributed by atoms with Crippen molar-refractivity contribution in [2.24, 2.45) is 0 Å². The average molecular weight is 302 g/mol. The van der Waals surface area contributed by atoms with Crippen molar-refractivity contribution in [2.75, 3.05) is 7.11 Å². The summed E-state index contributed by atoms with van der Waals surface area (Å²) in [7, 11) is 1.04. The van der Waals surface area contributed by atoms with Gasteiger partial charge in [0, 0.05) is 0 Å². The number of carbonyl (C=O) groups excluding carboxylic acids is 1. The van der Waals surface area contributed by atoms with E-state index in [2.05, 4.69) is 9.47 Å². The van der Waals surface area contributed by atoms with Crippen LogP contribution in [0.25, 0.3) is 0 Å². The highest BCUT2D eigenvalue weighted by Crippen LogP contribution is 2.38. The molecule has 1 aromatic carbocycles. The quantitative estimate of drug-likeness (QED) is 0.635. The third-order valence-electron chi connectivity index (χ3n) is 2.15. The standard InChI is InChI=1S/C11H8F6O3/c1-19-9(18)5-6-2-3-7(10(12,13)14)8(4-6)20-11(15,16)17/h2-4H,5H2,1H3. The summed E-state index contributed by atoms with van der Waals surface area (Å²) in [6, 6.07) is 1.80. The van der Waals surface area contributed by atoms with Crippen molar-refractivity contribution in [2.45, 2.75) is 19.0 Å². The minimum Gasteiger partial charge on any atom is -0.469 e. The van der Waals surface area contributed by atoms with Crippen molar-refractivity contribution in [1.29, 1.82) is 0 Å². The number of methoxy groups -OCH3 is 1. The van der Waals surface area contributed by atoms with E-state index in [1.807, 2.05) is 0 Å². The number of hydrogen-bond donors (Lipinski definition) is 0. The van der Waals surface area contributed by atoms with Crippen LogP contribution in [0, 0.1) is 0 Å². The Bertz CT molecular complexity index is 492. The highest BCUT2D eigenvalue weighted by Gasteiger charge is 2.39. The van der Waals surface area contributed by atoms with Crippen molar-refractivity contribution in [1.82, 2.24) is 0 Å². The van der Waals surface area contributed by atoms with E-state index in [4.69, 9.17) is 0 Å². The van der Waals surface area contributed by atoms with Crippen LogP contribution in [-0.4, -0.2) is 19.4 Å². The van der Waals surface area contributed by atoms with Gasteiger partial charge in [-0.2, -0.15) is 13.2 Å². The van der Waals surface area contributed by atoms with E-state index in [1.165, 1.54) is 0 Å². The third kappa shape index (κ3) is 4.63. The molecule has 0 fully saturated rings. The van der Waals surface area contributed by atoms with Crippen molar-refractivity contribution in [3.8, 4) is 5.75 Å². The molecule has 1 aromatic rings. The van der Waals surface area contributed by atoms with E-state index in [0.29, 0.717) is 12.1 Å². The van der Waals surface area contributed by atoms with Gasteiger partial charge in [0.2, 0.25) is 0 Å². The Morgan fingerprint density at radius 3 is 2.20 bits per heavy atom. The van der Waals surface area contributed by atoms with E-state index < -0.39 is 36.2 Å². The summed E-state index contributed by atoms with van der Waals surface area (Å²) in [5, 5.41) is 0. The first-order chi connectivity index (χ1) is 9.03. The number of halogens is 6. The minimum absolute atomic E-state index is 0.0934. The maximum atomic E-state index is 12.5. The molecule has 0 amide bonds. The fourth-order valence-corrected chi connectivity index (χ4v) is 1.36. The van der Waals surface area contributed by atoms with Gasteiger partial charge in [-0.15, -0.1) is 13.2 Å². The van der Waals surface area contributed by atoms with Crippen molar-refractivity contribution < 1.29 is 40.6 Å². The molecule has 1 rings (SSSR count). The smallest absolute Gasteiger partial charge is 0.469 e. The van der Waals surface area contributed by atoms with Gasteiger partial charge >= 0.3 is 18.5 Å². The largest absolute Gasteiger partial charge is 0.573 e. The molecular weight excluding hydrogens is 294 g/mol. The second-order valence-corrected chi connectivity index (χ2v) is 3.63. The van der Waals surface area contributed by atoms with E-state index in [9.17, 15) is 31.1 Å². The molecule has 0 aliphatic heterocycles. The SMILES string of the molecule is COC(=O)Cc1ccc(C(F)(F)F)c(OC(F)(F)F)c1. The Hall–Kier alpha value is -1.93. The zero-order chi connectivity index (χ0) is 15.6. The van der Waals surface area contributed by atoms with Crippen LogP contribution < -0.4 is 4.74 Å². The molecule has 0 aliphatic rings. The predicted octanol–water partition coefficient (Wildman–Crippen LogP) is 3.32. The van der Waals surface area contributed by atoms with Crippen LogP contribution in [0.15, 0.2) is 18.2 Å². The summed E-state index contributed by atoms with van der Waals surface area (Å²) in [6.07, 6.45) is -10.8. The average Bonchev–Trinajstić information content (AvgIpc) is 2.25. The van der Waals surface area contributed by atoms with Gasteiger partial charge in [-0.05, 0) is 17.7 Å². The lowest BCUT2D eigenvalue weighted by Gasteiger charge is -2.16. The van der Waals surface area contributed by atoms with Crippen LogP contribution in [0.3, 0.4) is 0 Å². The van der Waals surface area contributed by atoms with Crippen LogP contribution >= 0.6 is 0 Å². The van der Waals surface area contributed by atoms with Crippen molar-refractivity contribution >= 4 is 5.97 Å². The van der Waals surface area contributed by atoms with Gasteiger partial charge in [0.05, 0.1) is 19.1 Å². The van der Waals surface area contributed by atoms with Crippen LogP contribution in [0.2, 0.25) is 0 Å². The molecule has 0 saturated heterocycles. The normalized spacial score (nSPS) is 12.2. The molecule has 0 atom stereocenters. The Morgan fingerprint density at radius 2 is 1.75 bits per heavy atom. The van der Waals surface area contributed by atoms with Gasteiger partial charge in [-0.1, -0.05) is 6.07 Å². The number of rotatable bonds is 3. The molecule has 0 aliphatic carbocycles. The van der Waals surface area contributed by atoms with Crippen molar-refractivity contribution in [3.63, 3.8) is 0 Å². The molecule has 0 aromatic heterocycles. The lowest BCUT2D eigenvalue weighted by Crippen LogP contribution is -2.20. The van der Waals surface area contributed by atoms with Gasteiger partial charge < -0.3 is 9.47 Å². The first-order valence-corrected chi connectivity index (χ1v) is 5.05. The van der Waals surface area contributed by atoms with Gasteiger partial charge in [0.1, 0.15) is 5.75 Å². The van der Waals surface area contributed by atoms with Gasteiger partial charge in [-0.25, -0.2) is 0 Å². The second-order valence-electron chi connectivity index (χ2n) is 3.63. The minimum atomic E-state index is -5.27.